The van der Waals surface area contributed by atoms with Crippen LogP contribution in [0.3, 0.4) is 0 Å². The van der Waals surface area contributed by atoms with Crippen LogP contribution in [0.5, 0.6) is 0 Å². The number of dihydropyridines is 1. The summed E-state index contributed by atoms with van der Waals surface area (Å²) in [4.78, 5) is 34.5. The molecule has 156 valence electrons. The molecule has 10 heteroatoms. The van der Waals surface area contributed by atoms with Gasteiger partial charge in [-0.1, -0.05) is 19.1 Å². The predicted molar refractivity (Wildman–Crippen MR) is 103 cm³/mol. The SMILES string of the molecule is CCCOCCOC(=O)C1=C(C)NC(C)=C([N+](=O)[O-])C1c1cccc([N+](=O)[O-])c1. The number of carbonyl (C=O) groups excluding carboxylic acids is 1. The highest BCUT2D eigenvalue weighted by Crippen LogP contribution is 2.39. The third kappa shape index (κ3) is 5.17. The van der Waals surface area contributed by atoms with Crippen molar-refractivity contribution >= 4 is 11.7 Å². The van der Waals surface area contributed by atoms with Gasteiger partial charge >= 0.3 is 5.97 Å². The summed E-state index contributed by atoms with van der Waals surface area (Å²) in [5, 5.41) is 25.7. The van der Waals surface area contributed by atoms with Crippen molar-refractivity contribution < 1.29 is 24.1 Å². The Labute approximate surface area is 167 Å². The molecule has 0 aromatic heterocycles. The minimum atomic E-state index is -1.10. The monoisotopic (exact) mass is 405 g/mol. The van der Waals surface area contributed by atoms with Gasteiger partial charge in [-0.3, -0.25) is 20.2 Å². The van der Waals surface area contributed by atoms with Crippen molar-refractivity contribution in [2.45, 2.75) is 33.1 Å². The zero-order valence-corrected chi connectivity index (χ0v) is 16.5. The van der Waals surface area contributed by atoms with Crippen LogP contribution in [-0.4, -0.2) is 35.6 Å². The minimum Gasteiger partial charge on any atom is -0.460 e. The Bertz CT molecular complexity index is 876. The molecule has 10 nitrogen and oxygen atoms in total. The van der Waals surface area contributed by atoms with E-state index in [9.17, 15) is 25.0 Å². The van der Waals surface area contributed by atoms with Crippen LogP contribution < -0.4 is 5.32 Å². The van der Waals surface area contributed by atoms with Crippen molar-refractivity contribution in [3.8, 4) is 0 Å². The Balaban J connectivity index is 2.42. The van der Waals surface area contributed by atoms with Gasteiger partial charge in [-0.05, 0) is 25.8 Å². The summed E-state index contributed by atoms with van der Waals surface area (Å²) < 4.78 is 10.5. The third-order valence-corrected chi connectivity index (χ3v) is 4.37. The molecule has 0 radical (unpaired) electrons. The van der Waals surface area contributed by atoms with Crippen molar-refractivity contribution in [1.29, 1.82) is 0 Å². The van der Waals surface area contributed by atoms with Crippen LogP contribution in [0.2, 0.25) is 0 Å². The number of nitrogens with zero attached hydrogens (tertiary/aromatic N) is 2. The number of hydrogen-bond acceptors (Lipinski definition) is 8. The number of allylic oxidation sites excluding steroid dienone is 3. The van der Waals surface area contributed by atoms with E-state index in [-0.39, 0.29) is 41.4 Å². The fourth-order valence-corrected chi connectivity index (χ4v) is 3.16. The van der Waals surface area contributed by atoms with Gasteiger partial charge in [0.2, 0.25) is 0 Å². The van der Waals surface area contributed by atoms with Crippen molar-refractivity contribution in [2.24, 2.45) is 0 Å². The van der Waals surface area contributed by atoms with Crippen molar-refractivity contribution in [1.82, 2.24) is 5.32 Å². The standard InChI is InChI=1S/C19H23N3O7/c1-4-8-28-9-10-29-19(23)16-12(2)20-13(3)18(22(26)27)17(16)14-6-5-7-15(11-14)21(24)25/h5-7,11,17,20H,4,8-10H2,1-3H3. The first-order valence-corrected chi connectivity index (χ1v) is 9.10. The third-order valence-electron chi connectivity index (χ3n) is 4.37. The lowest BCUT2D eigenvalue weighted by Gasteiger charge is -2.26. The van der Waals surface area contributed by atoms with Crippen molar-refractivity contribution in [2.75, 3.05) is 19.8 Å². The number of benzene rings is 1. The van der Waals surface area contributed by atoms with Gasteiger partial charge in [0.1, 0.15) is 12.5 Å². The molecule has 1 atom stereocenters. The Morgan fingerprint density at radius 1 is 1.10 bits per heavy atom. The lowest BCUT2D eigenvalue weighted by molar-refractivity contribution is -0.431. The number of esters is 1. The molecule has 1 aromatic carbocycles. The van der Waals surface area contributed by atoms with E-state index in [2.05, 4.69) is 5.32 Å². The van der Waals surface area contributed by atoms with Gasteiger partial charge in [-0.15, -0.1) is 0 Å². The molecule has 0 spiro atoms. The second kappa shape index (κ2) is 9.78. The molecule has 1 heterocycles. The molecule has 0 saturated heterocycles. The summed E-state index contributed by atoms with van der Waals surface area (Å²) in [6.07, 6.45) is 0.827. The zero-order chi connectivity index (χ0) is 21.6. The van der Waals surface area contributed by atoms with Crippen molar-refractivity contribution in [3.63, 3.8) is 0 Å². The van der Waals surface area contributed by atoms with E-state index in [4.69, 9.17) is 9.47 Å². The molecule has 1 unspecified atom stereocenters. The number of non-ortho nitro benzene ring substituents is 1. The summed E-state index contributed by atoms with van der Waals surface area (Å²) in [7, 11) is 0. The van der Waals surface area contributed by atoms with Crippen LogP contribution in [-0.2, 0) is 14.3 Å². The molecule has 0 fully saturated rings. The second-order valence-electron chi connectivity index (χ2n) is 6.46. The molecular weight excluding hydrogens is 382 g/mol. The molecule has 2 rings (SSSR count). The lowest BCUT2D eigenvalue weighted by atomic mass is 9.84. The molecular formula is C19H23N3O7. The van der Waals surface area contributed by atoms with Gasteiger partial charge in [0.15, 0.2) is 0 Å². The number of nitrogens with one attached hydrogen (secondary N) is 1. The molecule has 29 heavy (non-hydrogen) atoms. The topological polar surface area (TPSA) is 134 Å². The fraction of sp³-hybridized carbons (Fsp3) is 0.421. The molecule has 0 saturated carbocycles. The van der Waals surface area contributed by atoms with E-state index >= 15 is 0 Å². The summed E-state index contributed by atoms with van der Waals surface area (Å²) >= 11 is 0. The van der Waals surface area contributed by atoms with Crippen LogP contribution in [0.15, 0.2) is 46.9 Å². The van der Waals surface area contributed by atoms with Gasteiger partial charge in [-0.2, -0.15) is 0 Å². The normalized spacial score (nSPS) is 16.4. The maximum absolute atomic E-state index is 12.8. The van der Waals surface area contributed by atoms with Gasteiger partial charge in [0, 0.05) is 24.4 Å². The minimum absolute atomic E-state index is 0.00619. The summed E-state index contributed by atoms with van der Waals surface area (Å²) in [6.45, 7) is 5.81. The van der Waals surface area contributed by atoms with Gasteiger partial charge in [-0.25, -0.2) is 4.79 Å². The number of rotatable bonds is 9. The van der Waals surface area contributed by atoms with E-state index in [1.807, 2.05) is 6.92 Å². The molecule has 0 aliphatic carbocycles. The molecule has 1 aromatic rings. The van der Waals surface area contributed by atoms with E-state index in [0.717, 1.165) is 6.42 Å². The molecule has 0 bridgehead atoms. The first-order chi connectivity index (χ1) is 13.8. The first-order valence-electron chi connectivity index (χ1n) is 9.10. The Hall–Kier alpha value is -3.27. The number of hydrogen-bond donors (Lipinski definition) is 1. The van der Waals surface area contributed by atoms with Gasteiger partial charge in [0.25, 0.3) is 11.4 Å². The van der Waals surface area contributed by atoms with E-state index in [1.165, 1.54) is 31.2 Å². The lowest BCUT2D eigenvalue weighted by Crippen LogP contribution is -2.32. The quantitative estimate of drug-likeness (QED) is 0.287. The molecule has 1 aliphatic rings. The number of nitro groups is 2. The summed E-state index contributed by atoms with van der Waals surface area (Å²) in [5.74, 6) is -1.84. The highest BCUT2D eigenvalue weighted by atomic mass is 16.6. The number of carbonyl (C=O) groups is 1. The van der Waals surface area contributed by atoms with Crippen LogP contribution in [0.4, 0.5) is 5.69 Å². The van der Waals surface area contributed by atoms with E-state index in [0.29, 0.717) is 12.3 Å². The average Bonchev–Trinajstić information content (AvgIpc) is 2.66. The number of nitro benzene ring substituents is 1. The molecule has 0 amide bonds. The largest absolute Gasteiger partial charge is 0.460 e. The van der Waals surface area contributed by atoms with Crippen molar-refractivity contribution in [3.05, 3.63) is 72.7 Å². The Morgan fingerprint density at radius 2 is 1.83 bits per heavy atom. The highest BCUT2D eigenvalue weighted by molar-refractivity contribution is 5.92. The maximum atomic E-state index is 12.8. The van der Waals surface area contributed by atoms with Crippen LogP contribution in [0, 0.1) is 20.2 Å². The van der Waals surface area contributed by atoms with Gasteiger partial charge < -0.3 is 14.8 Å². The van der Waals surface area contributed by atoms with Gasteiger partial charge in [0.05, 0.1) is 27.7 Å². The van der Waals surface area contributed by atoms with Crippen LogP contribution in [0.1, 0.15) is 38.7 Å². The second-order valence-corrected chi connectivity index (χ2v) is 6.46. The Morgan fingerprint density at radius 3 is 2.45 bits per heavy atom. The molecule has 1 N–H and O–H groups in total. The zero-order valence-electron chi connectivity index (χ0n) is 16.5. The highest BCUT2D eigenvalue weighted by Gasteiger charge is 2.41. The molecule has 1 aliphatic heterocycles. The Kier molecular flexibility index (Phi) is 7.43. The van der Waals surface area contributed by atoms with E-state index in [1.54, 1.807) is 6.92 Å². The number of ether oxygens (including phenoxy) is 2. The first kappa shape index (κ1) is 22.0. The van der Waals surface area contributed by atoms with E-state index < -0.39 is 21.7 Å². The summed E-state index contributed by atoms with van der Waals surface area (Å²) in [5.41, 5.74) is 0.472. The van der Waals surface area contributed by atoms with Crippen LogP contribution in [0.25, 0.3) is 0 Å². The van der Waals surface area contributed by atoms with Crippen LogP contribution >= 0.6 is 0 Å². The fourth-order valence-electron chi connectivity index (χ4n) is 3.16. The average molecular weight is 405 g/mol. The maximum Gasteiger partial charge on any atom is 0.337 e. The summed E-state index contributed by atoms with van der Waals surface area (Å²) in [6, 6.07) is 5.47. The predicted octanol–water partition coefficient (Wildman–Crippen LogP) is 3.03. The smallest absolute Gasteiger partial charge is 0.337 e.